The molecular formula is C22H17ClO4. The van der Waals surface area contributed by atoms with Crippen LogP contribution in [0.1, 0.15) is 18.1 Å². The summed E-state index contributed by atoms with van der Waals surface area (Å²) in [5, 5.41) is 1.10. The van der Waals surface area contributed by atoms with Crippen molar-refractivity contribution in [3.05, 3.63) is 87.2 Å². The predicted octanol–water partition coefficient (Wildman–Crippen LogP) is 5.85. The fourth-order valence-electron chi connectivity index (χ4n) is 2.93. The van der Waals surface area contributed by atoms with Gasteiger partial charge in [-0.2, -0.15) is 0 Å². The van der Waals surface area contributed by atoms with Gasteiger partial charge in [0.25, 0.3) is 0 Å². The second kappa shape index (κ2) is 7.33. The Labute approximate surface area is 160 Å². The van der Waals surface area contributed by atoms with Crippen molar-refractivity contribution < 1.29 is 13.6 Å². The maximum Gasteiger partial charge on any atom is 0.235 e. The Morgan fingerprint density at radius 1 is 1.04 bits per heavy atom. The Kier molecular flexibility index (Phi) is 4.73. The van der Waals surface area contributed by atoms with Crippen molar-refractivity contribution in [2.45, 2.75) is 20.0 Å². The summed E-state index contributed by atoms with van der Waals surface area (Å²) in [6.07, 6.45) is 2.36. The van der Waals surface area contributed by atoms with Gasteiger partial charge in [0.05, 0.1) is 11.6 Å². The topological polar surface area (TPSA) is 52.6 Å². The van der Waals surface area contributed by atoms with E-state index in [9.17, 15) is 4.79 Å². The lowest BCUT2D eigenvalue weighted by Gasteiger charge is -2.11. The first kappa shape index (κ1) is 17.4. The number of hydrogen-bond donors (Lipinski definition) is 0. The van der Waals surface area contributed by atoms with Gasteiger partial charge in [-0.15, -0.1) is 0 Å². The van der Waals surface area contributed by atoms with Crippen molar-refractivity contribution in [2.75, 3.05) is 0 Å². The maximum absolute atomic E-state index is 13.1. The zero-order valence-electron chi connectivity index (χ0n) is 14.7. The minimum atomic E-state index is -0.222. The molecule has 4 rings (SSSR count). The molecule has 4 aromatic rings. The van der Waals surface area contributed by atoms with E-state index in [-0.39, 0.29) is 23.5 Å². The number of rotatable bonds is 5. The van der Waals surface area contributed by atoms with E-state index >= 15 is 0 Å². The van der Waals surface area contributed by atoms with Crippen LogP contribution in [-0.4, -0.2) is 0 Å². The predicted molar refractivity (Wildman–Crippen MR) is 105 cm³/mol. The van der Waals surface area contributed by atoms with Crippen LogP contribution in [0.25, 0.3) is 22.5 Å². The molecule has 136 valence electrons. The smallest absolute Gasteiger partial charge is 0.235 e. The lowest BCUT2D eigenvalue weighted by Crippen LogP contribution is -2.10. The van der Waals surface area contributed by atoms with Gasteiger partial charge in [-0.1, -0.05) is 36.7 Å². The van der Waals surface area contributed by atoms with Crippen LogP contribution in [-0.2, 0) is 13.0 Å². The molecule has 27 heavy (non-hydrogen) atoms. The lowest BCUT2D eigenvalue weighted by atomic mass is 10.1. The van der Waals surface area contributed by atoms with Crippen LogP contribution in [0.3, 0.4) is 0 Å². The molecule has 0 saturated carbocycles. The molecule has 0 fully saturated rings. The van der Waals surface area contributed by atoms with Crippen LogP contribution < -0.4 is 10.2 Å². The number of fused-ring (bicyclic) bond motifs is 1. The normalized spacial score (nSPS) is 11.0. The number of ether oxygens (including phenoxy) is 1. The van der Waals surface area contributed by atoms with Crippen molar-refractivity contribution in [2.24, 2.45) is 0 Å². The molecule has 0 radical (unpaired) electrons. The second-order valence-electron chi connectivity index (χ2n) is 6.17. The Morgan fingerprint density at radius 3 is 2.67 bits per heavy atom. The number of aryl methyl sites for hydroxylation is 1. The first-order chi connectivity index (χ1) is 13.2. The Hall–Kier alpha value is -2.98. The van der Waals surface area contributed by atoms with Gasteiger partial charge in [-0.05, 0) is 53.9 Å². The Balaban J connectivity index is 1.83. The van der Waals surface area contributed by atoms with Gasteiger partial charge >= 0.3 is 0 Å². The van der Waals surface area contributed by atoms with Crippen molar-refractivity contribution in [3.8, 4) is 17.3 Å². The van der Waals surface area contributed by atoms with Gasteiger partial charge in [-0.25, -0.2) is 0 Å². The fourth-order valence-corrected chi connectivity index (χ4v) is 3.14. The number of furan rings is 1. The minimum Gasteiger partial charge on any atom is -0.481 e. The molecule has 0 atom stereocenters. The zero-order chi connectivity index (χ0) is 18.8. The molecule has 0 spiro atoms. The molecule has 0 aliphatic carbocycles. The van der Waals surface area contributed by atoms with Crippen molar-refractivity contribution in [1.82, 2.24) is 0 Å². The standard InChI is InChI=1S/C22H17ClO4/c1-2-14-8-9-18-17(12-14)20(24)22(21(27-18)19-7-4-10-25-19)26-13-15-5-3-6-16(23)11-15/h3-12H,2,13H2,1H3. The van der Waals surface area contributed by atoms with E-state index in [4.69, 9.17) is 25.2 Å². The van der Waals surface area contributed by atoms with Crippen molar-refractivity contribution in [3.63, 3.8) is 0 Å². The SMILES string of the molecule is CCc1ccc2oc(-c3ccco3)c(OCc3cccc(Cl)c3)c(=O)c2c1. The summed E-state index contributed by atoms with van der Waals surface area (Å²) in [6.45, 7) is 2.23. The van der Waals surface area contributed by atoms with Gasteiger partial charge < -0.3 is 13.6 Å². The zero-order valence-corrected chi connectivity index (χ0v) is 15.5. The van der Waals surface area contributed by atoms with Crippen LogP contribution in [0.5, 0.6) is 5.75 Å². The largest absolute Gasteiger partial charge is 0.481 e. The van der Waals surface area contributed by atoms with Crippen molar-refractivity contribution >= 4 is 22.6 Å². The van der Waals surface area contributed by atoms with Gasteiger partial charge in [-0.3, -0.25) is 4.79 Å². The highest BCUT2D eigenvalue weighted by molar-refractivity contribution is 6.30. The molecule has 0 amide bonds. The summed E-state index contributed by atoms with van der Waals surface area (Å²) in [7, 11) is 0. The summed E-state index contributed by atoms with van der Waals surface area (Å²) in [6, 6.07) is 16.4. The number of hydrogen-bond acceptors (Lipinski definition) is 4. The first-order valence-corrected chi connectivity index (χ1v) is 9.04. The monoisotopic (exact) mass is 380 g/mol. The van der Waals surface area contributed by atoms with E-state index in [1.165, 1.54) is 6.26 Å². The molecule has 0 bridgehead atoms. The number of halogens is 1. The van der Waals surface area contributed by atoms with Crippen LogP contribution in [0.4, 0.5) is 0 Å². The average molecular weight is 381 g/mol. The molecule has 5 heteroatoms. The molecule has 0 saturated heterocycles. The molecule has 2 aromatic heterocycles. The summed E-state index contributed by atoms with van der Waals surface area (Å²) >= 11 is 6.03. The van der Waals surface area contributed by atoms with Crippen LogP contribution >= 0.6 is 11.6 Å². The van der Waals surface area contributed by atoms with Gasteiger partial charge in [0.15, 0.2) is 5.76 Å². The highest BCUT2D eigenvalue weighted by Gasteiger charge is 2.20. The van der Waals surface area contributed by atoms with E-state index in [0.29, 0.717) is 21.8 Å². The van der Waals surface area contributed by atoms with Crippen LogP contribution in [0.15, 0.2) is 74.5 Å². The van der Waals surface area contributed by atoms with Crippen LogP contribution in [0.2, 0.25) is 5.02 Å². The highest BCUT2D eigenvalue weighted by atomic mass is 35.5. The summed E-state index contributed by atoms with van der Waals surface area (Å²) in [4.78, 5) is 13.1. The van der Waals surface area contributed by atoms with Gasteiger partial charge in [0, 0.05) is 5.02 Å². The molecule has 0 N–H and O–H groups in total. The van der Waals surface area contributed by atoms with E-state index < -0.39 is 0 Å². The van der Waals surface area contributed by atoms with E-state index in [1.807, 2.05) is 37.3 Å². The summed E-state index contributed by atoms with van der Waals surface area (Å²) in [5.41, 5.74) is 2.19. The van der Waals surface area contributed by atoms with Gasteiger partial charge in [0.2, 0.25) is 16.9 Å². The van der Waals surface area contributed by atoms with E-state index in [1.54, 1.807) is 24.3 Å². The second-order valence-corrected chi connectivity index (χ2v) is 6.61. The number of benzene rings is 2. The first-order valence-electron chi connectivity index (χ1n) is 8.66. The Bertz CT molecular complexity index is 1140. The summed E-state index contributed by atoms with van der Waals surface area (Å²) in [5.74, 6) is 0.851. The summed E-state index contributed by atoms with van der Waals surface area (Å²) < 4.78 is 17.3. The van der Waals surface area contributed by atoms with E-state index in [0.717, 1.165) is 17.5 Å². The van der Waals surface area contributed by atoms with Crippen LogP contribution in [0, 0.1) is 0 Å². The quantitative estimate of drug-likeness (QED) is 0.436. The maximum atomic E-state index is 13.1. The highest BCUT2D eigenvalue weighted by Crippen LogP contribution is 2.32. The molecule has 0 unspecified atom stereocenters. The average Bonchev–Trinajstić information content (AvgIpc) is 3.21. The fraction of sp³-hybridized carbons (Fsp3) is 0.136. The Morgan fingerprint density at radius 2 is 1.93 bits per heavy atom. The lowest BCUT2D eigenvalue weighted by molar-refractivity contribution is 0.296. The molecule has 2 aromatic carbocycles. The minimum absolute atomic E-state index is 0.130. The molecule has 0 aliphatic rings. The molecule has 0 aliphatic heterocycles. The molecular weight excluding hydrogens is 364 g/mol. The molecule has 2 heterocycles. The van der Waals surface area contributed by atoms with Gasteiger partial charge in [0.1, 0.15) is 12.2 Å². The molecule has 4 nitrogen and oxygen atoms in total. The van der Waals surface area contributed by atoms with E-state index in [2.05, 4.69) is 0 Å². The third-order valence-corrected chi connectivity index (χ3v) is 4.57. The van der Waals surface area contributed by atoms with Crippen molar-refractivity contribution in [1.29, 1.82) is 0 Å². The third-order valence-electron chi connectivity index (χ3n) is 4.34. The third kappa shape index (κ3) is 3.49.